The minimum Gasteiger partial charge on any atom is -0.496 e. The molecule has 3 rings (SSSR count). The molecule has 1 aromatic heterocycles. The van der Waals surface area contributed by atoms with Gasteiger partial charge in [-0.1, -0.05) is 24.3 Å². The second kappa shape index (κ2) is 5.56. The van der Waals surface area contributed by atoms with Crippen molar-refractivity contribution in [3.8, 4) is 5.75 Å². The summed E-state index contributed by atoms with van der Waals surface area (Å²) in [5.74, 6) is -0.345. The number of hydrogen-bond donors (Lipinski definition) is 1. The zero-order valence-corrected chi connectivity index (χ0v) is 12.5. The molecule has 0 saturated carbocycles. The van der Waals surface area contributed by atoms with E-state index in [4.69, 9.17) is 9.84 Å². The lowest BCUT2D eigenvalue weighted by Crippen LogP contribution is -2.00. The van der Waals surface area contributed by atoms with Crippen LogP contribution in [0.15, 0.2) is 48.7 Å². The molecule has 4 nitrogen and oxygen atoms in total. The van der Waals surface area contributed by atoms with Crippen LogP contribution in [0.3, 0.4) is 0 Å². The number of rotatable bonds is 4. The molecule has 0 spiro atoms. The lowest BCUT2D eigenvalue weighted by molar-refractivity contribution is 0.0696. The molecule has 112 valence electrons. The van der Waals surface area contributed by atoms with Crippen molar-refractivity contribution in [3.63, 3.8) is 0 Å². The predicted octanol–water partition coefficient (Wildman–Crippen LogP) is 3.48. The van der Waals surface area contributed by atoms with E-state index < -0.39 is 5.97 Å². The molecule has 2 aromatic carbocycles. The van der Waals surface area contributed by atoms with Crippen molar-refractivity contribution in [3.05, 3.63) is 65.4 Å². The summed E-state index contributed by atoms with van der Waals surface area (Å²) in [6.07, 6.45) is 2.81. The van der Waals surface area contributed by atoms with E-state index in [9.17, 15) is 4.79 Å². The van der Waals surface area contributed by atoms with Crippen molar-refractivity contribution < 1.29 is 14.6 Å². The average Bonchev–Trinajstić information content (AvgIpc) is 2.84. The molecule has 3 aromatic rings. The number of fused-ring (bicyclic) bond motifs is 1. The Morgan fingerprint density at radius 1 is 1.18 bits per heavy atom. The van der Waals surface area contributed by atoms with Crippen LogP contribution >= 0.6 is 0 Å². The van der Waals surface area contributed by atoms with E-state index >= 15 is 0 Å². The van der Waals surface area contributed by atoms with E-state index in [-0.39, 0.29) is 5.56 Å². The number of methoxy groups -OCH3 is 1. The van der Waals surface area contributed by atoms with Gasteiger partial charge in [0, 0.05) is 30.6 Å². The summed E-state index contributed by atoms with van der Waals surface area (Å²) < 4.78 is 7.46. The maximum Gasteiger partial charge on any atom is 0.335 e. The Bertz CT molecular complexity index is 849. The molecule has 22 heavy (non-hydrogen) atoms. The smallest absolute Gasteiger partial charge is 0.335 e. The number of ether oxygens (including phenoxy) is 1. The van der Waals surface area contributed by atoms with Crippen LogP contribution in [0.25, 0.3) is 10.9 Å². The molecule has 0 saturated heterocycles. The number of aryl methyl sites for hydroxylation is 1. The van der Waals surface area contributed by atoms with Crippen LogP contribution < -0.4 is 4.74 Å². The largest absolute Gasteiger partial charge is 0.496 e. The Balaban J connectivity index is 2.03. The highest BCUT2D eigenvalue weighted by Gasteiger charge is 2.12. The summed E-state index contributed by atoms with van der Waals surface area (Å²) in [4.78, 5) is 11.1. The van der Waals surface area contributed by atoms with E-state index in [0.29, 0.717) is 12.2 Å². The maximum absolute atomic E-state index is 11.1. The van der Waals surface area contributed by atoms with Gasteiger partial charge in [0.15, 0.2) is 0 Å². The number of carboxylic acid groups (broad SMARTS) is 1. The number of aromatic nitrogens is 1. The molecule has 0 aliphatic rings. The predicted molar refractivity (Wildman–Crippen MR) is 85.7 cm³/mol. The summed E-state index contributed by atoms with van der Waals surface area (Å²) in [5.41, 5.74) is 3.58. The molecule has 0 amide bonds. The van der Waals surface area contributed by atoms with Crippen LogP contribution in [0.4, 0.5) is 0 Å². The lowest BCUT2D eigenvalue weighted by Gasteiger charge is -2.09. The van der Waals surface area contributed by atoms with Crippen molar-refractivity contribution in [2.24, 2.45) is 7.05 Å². The van der Waals surface area contributed by atoms with Crippen molar-refractivity contribution in [1.29, 1.82) is 0 Å². The van der Waals surface area contributed by atoms with E-state index in [1.54, 1.807) is 19.2 Å². The molecule has 1 heterocycles. The second-order valence-electron chi connectivity index (χ2n) is 5.29. The standard InChI is InChI=1S/C18H17NO3/c1-19-11-14(15-5-3-4-6-16(15)19)9-12-7-8-13(18(20)21)10-17(12)22-2/h3-8,10-11H,9H2,1-2H3,(H,20,21). The van der Waals surface area contributed by atoms with Gasteiger partial charge in [0.1, 0.15) is 5.75 Å². The van der Waals surface area contributed by atoms with E-state index in [1.165, 1.54) is 16.5 Å². The van der Waals surface area contributed by atoms with Gasteiger partial charge in [-0.25, -0.2) is 4.79 Å². The Morgan fingerprint density at radius 2 is 1.95 bits per heavy atom. The third-order valence-electron chi connectivity index (χ3n) is 3.89. The molecule has 0 unspecified atom stereocenters. The van der Waals surface area contributed by atoms with Gasteiger partial charge in [0.25, 0.3) is 0 Å². The summed E-state index contributed by atoms with van der Waals surface area (Å²) in [5, 5.41) is 10.3. The maximum atomic E-state index is 11.1. The first-order valence-corrected chi connectivity index (χ1v) is 7.03. The fourth-order valence-electron chi connectivity index (χ4n) is 2.80. The highest BCUT2D eigenvalue weighted by atomic mass is 16.5. The highest BCUT2D eigenvalue weighted by molar-refractivity contribution is 5.88. The van der Waals surface area contributed by atoms with Crippen molar-refractivity contribution in [2.45, 2.75) is 6.42 Å². The Labute approximate surface area is 128 Å². The summed E-state index contributed by atoms with van der Waals surface area (Å²) >= 11 is 0. The van der Waals surface area contributed by atoms with E-state index in [1.807, 2.05) is 25.2 Å². The SMILES string of the molecule is COc1cc(C(=O)O)ccc1Cc1cn(C)c2ccccc12. The molecule has 0 bridgehead atoms. The first-order valence-electron chi connectivity index (χ1n) is 7.03. The quantitative estimate of drug-likeness (QED) is 0.801. The van der Waals surface area contributed by atoms with Crippen LogP contribution in [0.2, 0.25) is 0 Å². The monoisotopic (exact) mass is 295 g/mol. The topological polar surface area (TPSA) is 51.5 Å². The molecule has 0 atom stereocenters. The molecule has 0 aliphatic heterocycles. The summed E-state index contributed by atoms with van der Waals surface area (Å²) in [7, 11) is 3.59. The number of carbonyl (C=O) groups is 1. The first kappa shape index (κ1) is 14.2. The zero-order valence-electron chi connectivity index (χ0n) is 12.5. The summed E-state index contributed by atoms with van der Waals surface area (Å²) in [6, 6.07) is 13.2. The van der Waals surface area contributed by atoms with Gasteiger partial charge in [0.05, 0.1) is 12.7 Å². The number of carboxylic acids is 1. The second-order valence-corrected chi connectivity index (χ2v) is 5.29. The minimum absolute atomic E-state index is 0.235. The minimum atomic E-state index is -0.949. The van der Waals surface area contributed by atoms with Crippen LogP contribution in [0.5, 0.6) is 5.75 Å². The van der Waals surface area contributed by atoms with E-state index in [0.717, 1.165) is 5.56 Å². The molecular formula is C18H17NO3. The van der Waals surface area contributed by atoms with Gasteiger partial charge >= 0.3 is 5.97 Å². The highest BCUT2D eigenvalue weighted by Crippen LogP contribution is 2.27. The van der Waals surface area contributed by atoms with Crippen molar-refractivity contribution in [1.82, 2.24) is 4.57 Å². The third kappa shape index (κ3) is 2.44. The number of hydrogen-bond acceptors (Lipinski definition) is 2. The first-order chi connectivity index (χ1) is 10.6. The van der Waals surface area contributed by atoms with Crippen LogP contribution in [-0.2, 0) is 13.5 Å². The Hall–Kier alpha value is -2.75. The molecule has 0 radical (unpaired) electrons. The van der Waals surface area contributed by atoms with E-state index in [2.05, 4.69) is 22.9 Å². The fraction of sp³-hybridized carbons (Fsp3) is 0.167. The van der Waals surface area contributed by atoms with Crippen LogP contribution in [0, 0.1) is 0 Å². The molecule has 0 aliphatic carbocycles. The van der Waals surface area contributed by atoms with Gasteiger partial charge < -0.3 is 14.4 Å². The van der Waals surface area contributed by atoms with Gasteiger partial charge in [0.2, 0.25) is 0 Å². The molecule has 4 heteroatoms. The van der Waals surface area contributed by atoms with Gasteiger partial charge in [-0.3, -0.25) is 0 Å². The Morgan fingerprint density at radius 3 is 2.68 bits per heavy atom. The average molecular weight is 295 g/mol. The Kier molecular flexibility index (Phi) is 3.59. The molecule has 1 N–H and O–H groups in total. The third-order valence-corrected chi connectivity index (χ3v) is 3.89. The van der Waals surface area contributed by atoms with Crippen molar-refractivity contribution >= 4 is 16.9 Å². The van der Waals surface area contributed by atoms with Gasteiger partial charge in [-0.2, -0.15) is 0 Å². The molecule has 0 fully saturated rings. The zero-order chi connectivity index (χ0) is 15.7. The number of nitrogens with zero attached hydrogens (tertiary/aromatic N) is 1. The van der Waals surface area contributed by atoms with Crippen LogP contribution in [0.1, 0.15) is 21.5 Å². The van der Waals surface area contributed by atoms with Crippen LogP contribution in [-0.4, -0.2) is 22.8 Å². The molecular weight excluding hydrogens is 278 g/mol. The normalized spacial score (nSPS) is 10.8. The van der Waals surface area contributed by atoms with Gasteiger partial charge in [-0.05, 0) is 29.3 Å². The fourth-order valence-corrected chi connectivity index (χ4v) is 2.80. The van der Waals surface area contributed by atoms with Gasteiger partial charge in [-0.15, -0.1) is 0 Å². The lowest BCUT2D eigenvalue weighted by atomic mass is 10.0. The number of para-hydroxylation sites is 1. The van der Waals surface area contributed by atoms with Crippen molar-refractivity contribution in [2.75, 3.05) is 7.11 Å². The summed E-state index contributed by atoms with van der Waals surface area (Å²) in [6.45, 7) is 0. The number of benzene rings is 2. The number of aromatic carboxylic acids is 1.